The molecule has 0 spiro atoms. The number of hydroxylamine groups is 2. The lowest BCUT2D eigenvalue weighted by Gasteiger charge is -2.34. The number of hydrogen-bond acceptors (Lipinski definition) is 7. The minimum atomic E-state index is -5.19. The van der Waals surface area contributed by atoms with Crippen molar-refractivity contribution in [2.75, 3.05) is 5.75 Å². The van der Waals surface area contributed by atoms with E-state index in [1.54, 1.807) is 0 Å². The highest BCUT2D eigenvalue weighted by Crippen LogP contribution is 2.33. The fourth-order valence-electron chi connectivity index (χ4n) is 2.88. The van der Waals surface area contributed by atoms with Crippen LogP contribution in [0.1, 0.15) is 12.5 Å². The molecule has 1 aliphatic rings. The third kappa shape index (κ3) is 4.25. The van der Waals surface area contributed by atoms with Gasteiger partial charge in [0.05, 0.1) is 26.9 Å². The van der Waals surface area contributed by atoms with Gasteiger partial charge in [0.15, 0.2) is 26.5 Å². The smallest absolute Gasteiger partial charge is 0.473 e. The lowest BCUT2D eigenvalue weighted by atomic mass is 10.2. The normalized spacial score (nSPS) is 18.0. The summed E-state index contributed by atoms with van der Waals surface area (Å²) in [6, 6.07) is 0.393. The summed E-state index contributed by atoms with van der Waals surface area (Å²) in [5.74, 6) is -0.873. The Morgan fingerprint density at radius 1 is 1.22 bits per heavy atom. The summed E-state index contributed by atoms with van der Waals surface area (Å²) >= 11 is 0. The van der Waals surface area contributed by atoms with Crippen molar-refractivity contribution in [3.05, 3.63) is 33.7 Å². The molecule has 8 nitrogen and oxygen atoms in total. The summed E-state index contributed by atoms with van der Waals surface area (Å²) in [4.78, 5) is 6.79. The Morgan fingerprint density at radius 3 is 2.38 bits per heavy atom. The highest BCUT2D eigenvalue weighted by molar-refractivity contribution is 7.91. The van der Waals surface area contributed by atoms with Crippen LogP contribution in [0, 0.1) is 5.21 Å². The fraction of sp³-hybridized carbons (Fsp3) is 0.375. The van der Waals surface area contributed by atoms with Gasteiger partial charge in [0.1, 0.15) is 11.1 Å². The first-order chi connectivity index (χ1) is 14.6. The molecular weight excluding hydrogens is 490 g/mol. The molecule has 0 amide bonds. The second kappa shape index (κ2) is 7.84. The number of nitrogens with zero attached hydrogens (tertiary/aromatic N) is 4. The number of rotatable bonds is 4. The number of aromatic nitrogens is 3. The van der Waals surface area contributed by atoms with Crippen LogP contribution in [0.4, 0.5) is 26.3 Å². The van der Waals surface area contributed by atoms with Crippen molar-refractivity contribution in [1.29, 1.82) is 0 Å². The molecule has 0 N–H and O–H groups in total. The van der Waals surface area contributed by atoms with Gasteiger partial charge in [-0.05, 0) is 12.1 Å². The lowest BCUT2D eigenvalue weighted by molar-refractivity contribution is -0.138. The SMILES string of the molecule is CCS(=O)(=O)c1cc(C(F)(F)F)cnc1-c1nc2c(n1C)=CN([O-])C(S(=O)C(F)(F)F)C=2. The Balaban J connectivity index is 2.27. The van der Waals surface area contributed by atoms with Crippen molar-refractivity contribution in [2.45, 2.75) is 28.9 Å². The van der Waals surface area contributed by atoms with Crippen molar-refractivity contribution in [3.8, 4) is 11.5 Å². The summed E-state index contributed by atoms with van der Waals surface area (Å²) in [5, 5.41) is 9.37. The van der Waals surface area contributed by atoms with Crippen molar-refractivity contribution in [1.82, 2.24) is 19.6 Å². The van der Waals surface area contributed by atoms with Crippen LogP contribution in [-0.4, -0.2) is 48.9 Å². The van der Waals surface area contributed by atoms with Crippen LogP contribution < -0.4 is 10.7 Å². The van der Waals surface area contributed by atoms with E-state index in [0.29, 0.717) is 24.5 Å². The summed E-state index contributed by atoms with van der Waals surface area (Å²) in [6.07, 6.45) is -3.12. The van der Waals surface area contributed by atoms with Crippen LogP contribution in [0.3, 0.4) is 0 Å². The van der Waals surface area contributed by atoms with Crippen LogP contribution in [0.5, 0.6) is 0 Å². The number of pyridine rings is 1. The molecule has 2 atom stereocenters. The monoisotopic (exact) mass is 503 g/mol. The van der Waals surface area contributed by atoms with Gasteiger partial charge in [-0.2, -0.15) is 26.3 Å². The molecule has 0 aliphatic carbocycles. The molecule has 16 heteroatoms. The van der Waals surface area contributed by atoms with Gasteiger partial charge >= 0.3 is 11.7 Å². The second-order valence-corrected chi connectivity index (χ2v) is 10.3. The highest BCUT2D eigenvalue weighted by atomic mass is 32.2. The van der Waals surface area contributed by atoms with E-state index in [1.165, 1.54) is 14.0 Å². The third-order valence-corrected chi connectivity index (χ3v) is 7.50. The van der Waals surface area contributed by atoms with E-state index in [0.717, 1.165) is 4.57 Å². The summed E-state index contributed by atoms with van der Waals surface area (Å²) in [7, 11) is -6.57. The number of imidazole rings is 1. The standard InChI is InChI=1S/C16H13F6N4O4S2/c1-3-32(29,30)11-4-8(15(17,18)19)6-23-13(11)14-24-9-5-12(31(28)16(20,21)22)26(27)7-10(9)25(14)2/h4-7,12H,3H2,1-2H3/q-1. The number of hydrogen-bond donors (Lipinski definition) is 0. The maximum atomic E-state index is 13.1. The Morgan fingerprint density at radius 2 is 1.84 bits per heavy atom. The Bertz CT molecular complexity index is 1320. The molecule has 176 valence electrons. The maximum absolute atomic E-state index is 13.1. The van der Waals surface area contributed by atoms with Gasteiger partial charge in [0, 0.05) is 19.4 Å². The first-order valence-corrected chi connectivity index (χ1v) is 11.4. The van der Waals surface area contributed by atoms with E-state index < -0.39 is 59.6 Å². The van der Waals surface area contributed by atoms with Gasteiger partial charge in [-0.25, -0.2) is 17.6 Å². The largest absolute Gasteiger partial charge is 0.758 e. The molecule has 0 saturated heterocycles. The van der Waals surface area contributed by atoms with E-state index in [2.05, 4.69) is 9.97 Å². The van der Waals surface area contributed by atoms with Crippen molar-refractivity contribution in [2.24, 2.45) is 7.05 Å². The molecule has 1 aliphatic heterocycles. The predicted molar refractivity (Wildman–Crippen MR) is 101 cm³/mol. The minimum absolute atomic E-state index is 0.0769. The van der Waals surface area contributed by atoms with E-state index in [-0.39, 0.29) is 21.6 Å². The minimum Gasteiger partial charge on any atom is -0.758 e. The zero-order valence-corrected chi connectivity index (χ0v) is 17.7. The van der Waals surface area contributed by atoms with Gasteiger partial charge in [-0.1, -0.05) is 6.92 Å². The zero-order valence-electron chi connectivity index (χ0n) is 16.1. The van der Waals surface area contributed by atoms with Crippen LogP contribution in [-0.2, 0) is 33.9 Å². The van der Waals surface area contributed by atoms with Crippen LogP contribution in [0.2, 0.25) is 0 Å². The van der Waals surface area contributed by atoms with Crippen molar-refractivity contribution in [3.63, 3.8) is 0 Å². The van der Waals surface area contributed by atoms with Crippen LogP contribution in [0.15, 0.2) is 17.2 Å². The predicted octanol–water partition coefficient (Wildman–Crippen LogP) is 1.22. The van der Waals surface area contributed by atoms with E-state index in [9.17, 15) is 44.2 Å². The van der Waals surface area contributed by atoms with E-state index in [1.807, 2.05) is 0 Å². The third-order valence-electron chi connectivity index (χ3n) is 4.52. The average molecular weight is 503 g/mol. The molecule has 0 bridgehead atoms. The molecular formula is C16H13F6N4O4S2-. The van der Waals surface area contributed by atoms with E-state index in [4.69, 9.17) is 0 Å². The molecule has 0 fully saturated rings. The molecule has 2 unspecified atom stereocenters. The first-order valence-electron chi connectivity index (χ1n) is 8.57. The summed E-state index contributed by atoms with van der Waals surface area (Å²) in [5.41, 5.74) is -6.99. The van der Waals surface area contributed by atoms with Crippen molar-refractivity contribution < 1.29 is 39.0 Å². The van der Waals surface area contributed by atoms with Gasteiger partial charge in [0.25, 0.3) is 0 Å². The molecule has 0 saturated carbocycles. The second-order valence-electron chi connectivity index (χ2n) is 6.53. The van der Waals surface area contributed by atoms with Crippen LogP contribution >= 0.6 is 0 Å². The van der Waals surface area contributed by atoms with Crippen molar-refractivity contribution >= 4 is 32.9 Å². The Hall–Kier alpha value is -2.46. The molecule has 3 heterocycles. The number of fused-ring (bicyclic) bond motifs is 1. The average Bonchev–Trinajstić information content (AvgIpc) is 3.00. The van der Waals surface area contributed by atoms with E-state index >= 15 is 0 Å². The molecule has 3 rings (SSSR count). The molecule has 0 radical (unpaired) electrons. The quantitative estimate of drug-likeness (QED) is 0.578. The maximum Gasteiger partial charge on any atom is 0.473 e. The Labute approximate surface area is 178 Å². The van der Waals surface area contributed by atoms with Gasteiger partial charge in [0.2, 0.25) is 0 Å². The summed E-state index contributed by atoms with van der Waals surface area (Å²) in [6.45, 7) is 1.21. The molecule has 2 aromatic heterocycles. The number of alkyl halides is 6. The highest BCUT2D eigenvalue weighted by Gasteiger charge is 2.42. The molecule has 2 aromatic rings. The molecule has 32 heavy (non-hydrogen) atoms. The van der Waals surface area contributed by atoms with Gasteiger partial charge in [-0.15, -0.1) is 0 Å². The fourth-order valence-corrected chi connectivity index (χ4v) is 4.71. The van der Waals surface area contributed by atoms with Crippen LogP contribution in [0.25, 0.3) is 23.8 Å². The molecule has 0 aromatic carbocycles. The number of halogens is 6. The summed E-state index contributed by atoms with van der Waals surface area (Å²) < 4.78 is 115. The topological polar surface area (TPSA) is 108 Å². The number of sulfone groups is 1. The van der Waals surface area contributed by atoms with Gasteiger partial charge < -0.3 is 14.8 Å². The zero-order chi connectivity index (χ0) is 24.2. The first kappa shape index (κ1) is 24.2. The Kier molecular flexibility index (Phi) is 5.93. The lowest BCUT2D eigenvalue weighted by Crippen LogP contribution is -2.45. The van der Waals surface area contributed by atoms with Gasteiger partial charge in [-0.3, -0.25) is 4.98 Å².